The lowest BCUT2D eigenvalue weighted by Crippen LogP contribution is -2.19. The molecule has 1 fully saturated rings. The smallest absolute Gasteiger partial charge is 0.303 e. The third-order valence-electron chi connectivity index (χ3n) is 6.46. The Bertz CT molecular complexity index is 754. The summed E-state index contributed by atoms with van der Waals surface area (Å²) < 4.78 is 0. The van der Waals surface area contributed by atoms with E-state index in [1.54, 1.807) is 0 Å². The van der Waals surface area contributed by atoms with Crippen molar-refractivity contribution >= 4 is 11.8 Å². The van der Waals surface area contributed by atoms with E-state index < -0.39 is 12.1 Å². The summed E-state index contributed by atoms with van der Waals surface area (Å²) in [5.41, 5.74) is 3.60. The lowest BCUT2D eigenvalue weighted by atomic mass is 9.87. The fourth-order valence-corrected chi connectivity index (χ4v) is 4.79. The number of fused-ring (bicyclic) bond motifs is 1. The number of aliphatic hydroxyl groups is 1. The van der Waals surface area contributed by atoms with Crippen LogP contribution in [0.25, 0.3) is 0 Å². The molecule has 4 heteroatoms. The van der Waals surface area contributed by atoms with Crippen molar-refractivity contribution in [1.82, 2.24) is 0 Å². The summed E-state index contributed by atoms with van der Waals surface area (Å²) in [6.07, 6.45) is 10.1. The van der Waals surface area contributed by atoms with E-state index in [1.165, 1.54) is 11.1 Å². The number of carboxylic acid groups (broad SMARTS) is 1. The van der Waals surface area contributed by atoms with Gasteiger partial charge in [0, 0.05) is 24.7 Å². The van der Waals surface area contributed by atoms with Gasteiger partial charge in [-0.05, 0) is 42.7 Å². The number of carbonyl (C=O) groups is 2. The van der Waals surface area contributed by atoms with E-state index in [1.807, 2.05) is 24.3 Å². The van der Waals surface area contributed by atoms with Crippen LogP contribution >= 0.6 is 0 Å². The van der Waals surface area contributed by atoms with Gasteiger partial charge < -0.3 is 10.2 Å². The number of aliphatic carboxylic acids is 1. The van der Waals surface area contributed by atoms with Crippen LogP contribution < -0.4 is 0 Å². The van der Waals surface area contributed by atoms with E-state index in [-0.39, 0.29) is 30.0 Å². The SMILES string of the molecule is C=C1CC(=O)[C@H](CCCCCCC(=O)O)[C@H]1/C=C/[C@@H](O)C1Cc2ccccc2C1. The maximum Gasteiger partial charge on any atom is 0.303 e. The highest BCUT2D eigenvalue weighted by atomic mass is 16.4. The van der Waals surface area contributed by atoms with Crippen LogP contribution in [0.1, 0.15) is 56.1 Å². The molecule has 3 atom stereocenters. The number of aliphatic hydroxyl groups excluding tert-OH is 1. The number of allylic oxidation sites excluding steroid dienone is 2. The summed E-state index contributed by atoms with van der Waals surface area (Å²) in [5.74, 6) is -0.341. The van der Waals surface area contributed by atoms with Crippen LogP contribution in [0.4, 0.5) is 0 Å². The van der Waals surface area contributed by atoms with Crippen molar-refractivity contribution in [1.29, 1.82) is 0 Å². The molecule has 0 radical (unpaired) electrons. The number of carboxylic acids is 1. The first-order valence-corrected chi connectivity index (χ1v) is 10.8. The van der Waals surface area contributed by atoms with Crippen LogP contribution in [0, 0.1) is 17.8 Å². The molecule has 2 aliphatic carbocycles. The molecule has 0 amide bonds. The van der Waals surface area contributed by atoms with Gasteiger partial charge in [-0.2, -0.15) is 0 Å². The number of unbranched alkanes of at least 4 members (excludes halogenated alkanes) is 3. The van der Waals surface area contributed by atoms with Gasteiger partial charge >= 0.3 is 5.97 Å². The zero-order valence-electron chi connectivity index (χ0n) is 17.1. The number of hydrogen-bond donors (Lipinski definition) is 2. The molecular weight excluding hydrogens is 364 g/mol. The maximum atomic E-state index is 12.4. The minimum Gasteiger partial charge on any atom is -0.481 e. The van der Waals surface area contributed by atoms with Crippen LogP contribution in [0.15, 0.2) is 48.6 Å². The third kappa shape index (κ3) is 5.66. The van der Waals surface area contributed by atoms with Crippen molar-refractivity contribution in [3.63, 3.8) is 0 Å². The molecule has 0 bridgehead atoms. The molecule has 29 heavy (non-hydrogen) atoms. The van der Waals surface area contributed by atoms with Crippen molar-refractivity contribution in [3.05, 3.63) is 59.7 Å². The second-order valence-corrected chi connectivity index (χ2v) is 8.59. The van der Waals surface area contributed by atoms with E-state index in [0.717, 1.165) is 44.1 Å². The number of ketones is 1. The highest BCUT2D eigenvalue weighted by Gasteiger charge is 2.35. The Morgan fingerprint density at radius 3 is 2.45 bits per heavy atom. The fraction of sp³-hybridized carbons (Fsp3) is 0.520. The summed E-state index contributed by atoms with van der Waals surface area (Å²) in [4.78, 5) is 23.0. The highest BCUT2D eigenvalue weighted by molar-refractivity contribution is 5.87. The summed E-state index contributed by atoms with van der Waals surface area (Å²) in [5, 5.41) is 19.4. The van der Waals surface area contributed by atoms with Crippen molar-refractivity contribution in [3.8, 4) is 0 Å². The zero-order valence-corrected chi connectivity index (χ0v) is 17.1. The Morgan fingerprint density at radius 2 is 1.79 bits per heavy atom. The quantitative estimate of drug-likeness (QED) is 0.451. The average Bonchev–Trinajstić information content (AvgIpc) is 3.23. The predicted molar refractivity (Wildman–Crippen MR) is 114 cm³/mol. The molecule has 3 rings (SSSR count). The first kappa shape index (κ1) is 21.5. The molecule has 0 saturated heterocycles. The van der Waals surface area contributed by atoms with Crippen molar-refractivity contribution in [2.75, 3.05) is 0 Å². The molecular formula is C25H32O4. The number of benzene rings is 1. The fourth-order valence-electron chi connectivity index (χ4n) is 4.79. The van der Waals surface area contributed by atoms with Crippen LogP contribution in [-0.2, 0) is 22.4 Å². The summed E-state index contributed by atoms with van der Waals surface area (Å²) >= 11 is 0. The minimum absolute atomic E-state index is 0.0138. The zero-order chi connectivity index (χ0) is 20.8. The monoisotopic (exact) mass is 396 g/mol. The Morgan fingerprint density at radius 1 is 1.14 bits per heavy atom. The molecule has 0 unspecified atom stereocenters. The Hall–Kier alpha value is -2.20. The van der Waals surface area contributed by atoms with Crippen LogP contribution in [0.5, 0.6) is 0 Å². The maximum absolute atomic E-state index is 12.4. The molecule has 2 aliphatic rings. The molecule has 156 valence electrons. The topological polar surface area (TPSA) is 74.6 Å². The predicted octanol–water partition coefficient (Wildman–Crippen LogP) is 4.51. The van der Waals surface area contributed by atoms with E-state index in [2.05, 4.69) is 18.7 Å². The lowest BCUT2D eigenvalue weighted by molar-refractivity contribution is -0.137. The molecule has 0 aromatic heterocycles. The summed E-state index contributed by atoms with van der Waals surface area (Å²) in [6, 6.07) is 8.36. The summed E-state index contributed by atoms with van der Waals surface area (Å²) in [7, 11) is 0. The first-order valence-electron chi connectivity index (χ1n) is 10.8. The largest absolute Gasteiger partial charge is 0.481 e. The van der Waals surface area contributed by atoms with Gasteiger partial charge in [0.05, 0.1) is 6.10 Å². The van der Waals surface area contributed by atoms with Gasteiger partial charge in [0.1, 0.15) is 5.78 Å². The first-order chi connectivity index (χ1) is 14.0. The van der Waals surface area contributed by atoms with Crippen LogP contribution in [-0.4, -0.2) is 28.1 Å². The minimum atomic E-state index is -0.749. The van der Waals surface area contributed by atoms with Crippen LogP contribution in [0.2, 0.25) is 0 Å². The van der Waals surface area contributed by atoms with Gasteiger partial charge in [-0.3, -0.25) is 9.59 Å². The number of rotatable bonds is 10. The number of carbonyl (C=O) groups excluding carboxylic acids is 1. The number of hydrogen-bond acceptors (Lipinski definition) is 3. The second kappa shape index (κ2) is 10.0. The number of Topliss-reactive ketones (excluding diaryl/α,β-unsaturated/α-hetero) is 1. The van der Waals surface area contributed by atoms with E-state index >= 15 is 0 Å². The van der Waals surface area contributed by atoms with Gasteiger partial charge in [-0.1, -0.05) is 67.8 Å². The highest BCUT2D eigenvalue weighted by Crippen LogP contribution is 2.38. The lowest BCUT2D eigenvalue weighted by Gasteiger charge is -2.18. The molecule has 0 heterocycles. The van der Waals surface area contributed by atoms with Crippen LogP contribution in [0.3, 0.4) is 0 Å². The molecule has 1 aromatic rings. The van der Waals surface area contributed by atoms with E-state index in [0.29, 0.717) is 12.8 Å². The van der Waals surface area contributed by atoms with Gasteiger partial charge in [-0.25, -0.2) is 0 Å². The van der Waals surface area contributed by atoms with Crippen molar-refractivity contribution < 1.29 is 19.8 Å². The molecule has 2 N–H and O–H groups in total. The van der Waals surface area contributed by atoms with E-state index in [9.17, 15) is 14.7 Å². The Kier molecular flexibility index (Phi) is 7.43. The van der Waals surface area contributed by atoms with Gasteiger partial charge in [-0.15, -0.1) is 0 Å². The molecule has 0 aliphatic heterocycles. The van der Waals surface area contributed by atoms with Gasteiger partial charge in [0.25, 0.3) is 0 Å². The summed E-state index contributed by atoms with van der Waals surface area (Å²) in [6.45, 7) is 4.10. The van der Waals surface area contributed by atoms with E-state index in [4.69, 9.17) is 5.11 Å². The second-order valence-electron chi connectivity index (χ2n) is 8.59. The average molecular weight is 397 g/mol. The Labute approximate surface area is 173 Å². The van der Waals surface area contributed by atoms with Crippen molar-refractivity contribution in [2.45, 2.75) is 63.9 Å². The Balaban J connectivity index is 1.50. The van der Waals surface area contributed by atoms with Gasteiger partial charge in [0.15, 0.2) is 0 Å². The molecule has 4 nitrogen and oxygen atoms in total. The van der Waals surface area contributed by atoms with Gasteiger partial charge in [0.2, 0.25) is 0 Å². The normalized spacial score (nSPS) is 23.1. The standard InChI is InChI=1S/C25H32O4/c1-17-14-24(27)22(10-4-2-3-5-11-25(28)29)21(17)12-13-23(26)20-15-18-8-6-7-9-19(18)16-20/h6-9,12-13,20-23,26H,1-5,10-11,14-16H2,(H,28,29)/b13-12+/t21-,22+,23+/m0/s1. The molecule has 1 saturated carbocycles. The molecule has 0 spiro atoms. The third-order valence-corrected chi connectivity index (χ3v) is 6.46. The molecule has 1 aromatic carbocycles. The van der Waals surface area contributed by atoms with Crippen molar-refractivity contribution in [2.24, 2.45) is 17.8 Å².